The van der Waals surface area contributed by atoms with Gasteiger partial charge in [-0.25, -0.2) is 0 Å². The minimum absolute atomic E-state index is 0.489. The fraction of sp³-hybridized carbons (Fsp3) is 0.350. The molecular formula is C20H23NO2. The smallest absolute Gasteiger partial charge is 0.311 e. The third-order valence-corrected chi connectivity index (χ3v) is 4.60. The fourth-order valence-electron chi connectivity index (χ4n) is 3.26. The maximum absolute atomic E-state index is 11.6. The molecule has 0 bridgehead atoms. The number of rotatable bonds is 5. The van der Waals surface area contributed by atoms with Crippen LogP contribution in [0.4, 0.5) is 5.69 Å². The largest absolute Gasteiger partial charge is 0.481 e. The van der Waals surface area contributed by atoms with Crippen LogP contribution in [0.15, 0.2) is 54.6 Å². The lowest BCUT2D eigenvalue weighted by Gasteiger charge is -2.29. The molecule has 3 heteroatoms. The van der Waals surface area contributed by atoms with E-state index in [2.05, 4.69) is 29.2 Å². The molecule has 1 N–H and O–H groups in total. The number of piperidine rings is 1. The topological polar surface area (TPSA) is 40.5 Å². The first-order chi connectivity index (χ1) is 11.2. The van der Waals surface area contributed by atoms with E-state index in [-0.39, 0.29) is 0 Å². The molecule has 1 fully saturated rings. The average Bonchev–Trinajstić information content (AvgIpc) is 2.61. The SMILES string of the molecule is O=C(O)C(Cc1ccc(N2CCCCC2)cc1)c1ccccc1. The minimum Gasteiger partial charge on any atom is -0.481 e. The molecule has 1 unspecified atom stereocenters. The standard InChI is InChI=1S/C20H23NO2/c22-20(23)19(17-7-3-1-4-8-17)15-16-9-11-18(12-10-16)21-13-5-2-6-14-21/h1,3-4,7-12,19H,2,5-6,13-15H2,(H,22,23). The van der Waals surface area contributed by atoms with Crippen LogP contribution >= 0.6 is 0 Å². The van der Waals surface area contributed by atoms with Crippen LogP contribution in [0.3, 0.4) is 0 Å². The first kappa shape index (κ1) is 15.6. The Morgan fingerprint density at radius 3 is 2.22 bits per heavy atom. The number of hydrogen-bond donors (Lipinski definition) is 1. The van der Waals surface area contributed by atoms with Gasteiger partial charge in [-0.3, -0.25) is 4.79 Å². The molecule has 120 valence electrons. The zero-order valence-electron chi connectivity index (χ0n) is 13.3. The number of benzene rings is 2. The average molecular weight is 309 g/mol. The monoisotopic (exact) mass is 309 g/mol. The number of hydrogen-bond acceptors (Lipinski definition) is 2. The molecule has 2 aromatic carbocycles. The lowest BCUT2D eigenvalue weighted by molar-refractivity contribution is -0.138. The summed E-state index contributed by atoms with van der Waals surface area (Å²) in [6.45, 7) is 2.25. The van der Waals surface area contributed by atoms with Crippen molar-refractivity contribution in [2.45, 2.75) is 31.6 Å². The molecule has 3 nitrogen and oxygen atoms in total. The van der Waals surface area contributed by atoms with Crippen molar-refractivity contribution in [2.24, 2.45) is 0 Å². The molecule has 1 saturated heterocycles. The predicted octanol–water partition coefficient (Wildman–Crippen LogP) is 4.09. The molecule has 0 spiro atoms. The van der Waals surface area contributed by atoms with E-state index in [9.17, 15) is 9.90 Å². The van der Waals surface area contributed by atoms with Crippen LogP contribution < -0.4 is 4.90 Å². The van der Waals surface area contributed by atoms with Crippen LogP contribution in [-0.4, -0.2) is 24.2 Å². The van der Waals surface area contributed by atoms with Gasteiger partial charge in [-0.05, 0) is 48.9 Å². The molecule has 3 rings (SSSR count). The van der Waals surface area contributed by atoms with E-state index in [0.29, 0.717) is 6.42 Å². The molecule has 1 atom stereocenters. The molecule has 1 heterocycles. The second kappa shape index (κ2) is 7.32. The minimum atomic E-state index is -0.767. The van der Waals surface area contributed by atoms with Crippen molar-refractivity contribution in [2.75, 3.05) is 18.0 Å². The summed E-state index contributed by atoms with van der Waals surface area (Å²) in [5, 5.41) is 9.54. The molecule has 1 aliphatic heterocycles. The first-order valence-corrected chi connectivity index (χ1v) is 8.35. The van der Waals surface area contributed by atoms with Gasteiger partial charge in [0.25, 0.3) is 0 Å². The van der Waals surface area contributed by atoms with Gasteiger partial charge in [0, 0.05) is 18.8 Å². The van der Waals surface area contributed by atoms with Gasteiger partial charge in [0.15, 0.2) is 0 Å². The number of aliphatic carboxylic acids is 1. The first-order valence-electron chi connectivity index (χ1n) is 8.35. The highest BCUT2D eigenvalue weighted by molar-refractivity contribution is 5.76. The Bertz CT molecular complexity index is 630. The third-order valence-electron chi connectivity index (χ3n) is 4.60. The van der Waals surface area contributed by atoms with Gasteiger partial charge in [0.2, 0.25) is 0 Å². The highest BCUT2D eigenvalue weighted by Crippen LogP contribution is 2.24. The summed E-state index contributed by atoms with van der Waals surface area (Å²) in [5.41, 5.74) is 3.18. The van der Waals surface area contributed by atoms with E-state index < -0.39 is 11.9 Å². The number of carboxylic acid groups (broad SMARTS) is 1. The van der Waals surface area contributed by atoms with E-state index in [0.717, 1.165) is 24.2 Å². The lowest BCUT2D eigenvalue weighted by atomic mass is 9.92. The van der Waals surface area contributed by atoms with Crippen molar-refractivity contribution in [3.8, 4) is 0 Å². The predicted molar refractivity (Wildman–Crippen MR) is 93.0 cm³/mol. The Labute approximate surface area is 137 Å². The Hall–Kier alpha value is -2.29. The van der Waals surface area contributed by atoms with Crippen LogP contribution in [0.5, 0.6) is 0 Å². The van der Waals surface area contributed by atoms with E-state index in [4.69, 9.17) is 0 Å². The Balaban J connectivity index is 1.72. The van der Waals surface area contributed by atoms with Crippen molar-refractivity contribution >= 4 is 11.7 Å². The molecule has 0 aliphatic carbocycles. The van der Waals surface area contributed by atoms with Gasteiger partial charge in [-0.2, -0.15) is 0 Å². The maximum Gasteiger partial charge on any atom is 0.311 e. The van der Waals surface area contributed by atoms with Crippen LogP contribution in [0, 0.1) is 0 Å². The quantitative estimate of drug-likeness (QED) is 0.904. The van der Waals surface area contributed by atoms with Crippen molar-refractivity contribution in [3.05, 3.63) is 65.7 Å². The van der Waals surface area contributed by atoms with Crippen molar-refractivity contribution < 1.29 is 9.90 Å². The van der Waals surface area contributed by atoms with Crippen LogP contribution in [0.2, 0.25) is 0 Å². The molecule has 0 radical (unpaired) electrons. The van der Waals surface area contributed by atoms with Crippen molar-refractivity contribution in [1.29, 1.82) is 0 Å². The lowest BCUT2D eigenvalue weighted by Crippen LogP contribution is -2.29. The zero-order chi connectivity index (χ0) is 16.1. The summed E-state index contributed by atoms with van der Waals surface area (Å²) in [7, 11) is 0. The van der Waals surface area contributed by atoms with Crippen molar-refractivity contribution in [1.82, 2.24) is 0 Å². The van der Waals surface area contributed by atoms with Crippen LogP contribution in [0.1, 0.15) is 36.3 Å². The Morgan fingerprint density at radius 1 is 0.957 bits per heavy atom. The zero-order valence-corrected chi connectivity index (χ0v) is 13.3. The van der Waals surface area contributed by atoms with Crippen LogP contribution in [0.25, 0.3) is 0 Å². The summed E-state index contributed by atoms with van der Waals surface area (Å²) in [6, 6.07) is 17.9. The summed E-state index contributed by atoms with van der Waals surface area (Å²) in [5.74, 6) is -1.26. The molecule has 0 amide bonds. The number of nitrogens with zero attached hydrogens (tertiary/aromatic N) is 1. The normalized spacial score (nSPS) is 16.1. The van der Waals surface area contributed by atoms with Gasteiger partial charge in [0.1, 0.15) is 0 Å². The van der Waals surface area contributed by atoms with E-state index >= 15 is 0 Å². The Kier molecular flexibility index (Phi) is 4.96. The maximum atomic E-state index is 11.6. The molecule has 0 aromatic heterocycles. The summed E-state index contributed by atoms with van der Waals surface area (Å²) < 4.78 is 0. The summed E-state index contributed by atoms with van der Waals surface area (Å²) in [6.07, 6.45) is 4.37. The van der Waals surface area contributed by atoms with E-state index in [1.54, 1.807) is 0 Å². The molecule has 0 saturated carbocycles. The summed E-state index contributed by atoms with van der Waals surface area (Å²) in [4.78, 5) is 14.0. The third kappa shape index (κ3) is 3.92. The van der Waals surface area contributed by atoms with E-state index in [1.165, 1.54) is 24.9 Å². The van der Waals surface area contributed by atoms with Gasteiger partial charge in [-0.15, -0.1) is 0 Å². The molecule has 1 aliphatic rings. The second-order valence-electron chi connectivity index (χ2n) is 6.22. The van der Waals surface area contributed by atoms with Gasteiger partial charge in [-0.1, -0.05) is 42.5 Å². The van der Waals surface area contributed by atoms with Gasteiger partial charge < -0.3 is 10.0 Å². The van der Waals surface area contributed by atoms with Gasteiger partial charge >= 0.3 is 5.97 Å². The number of carboxylic acids is 1. The molecular weight excluding hydrogens is 286 g/mol. The second-order valence-corrected chi connectivity index (χ2v) is 6.22. The summed E-state index contributed by atoms with van der Waals surface area (Å²) >= 11 is 0. The van der Waals surface area contributed by atoms with Gasteiger partial charge in [0.05, 0.1) is 5.92 Å². The molecule has 2 aromatic rings. The number of anilines is 1. The van der Waals surface area contributed by atoms with Crippen LogP contribution in [-0.2, 0) is 11.2 Å². The molecule has 23 heavy (non-hydrogen) atoms. The fourth-order valence-corrected chi connectivity index (χ4v) is 3.26. The van der Waals surface area contributed by atoms with Crippen molar-refractivity contribution in [3.63, 3.8) is 0 Å². The highest BCUT2D eigenvalue weighted by Gasteiger charge is 2.20. The highest BCUT2D eigenvalue weighted by atomic mass is 16.4. The Morgan fingerprint density at radius 2 is 1.61 bits per heavy atom. The number of carbonyl (C=O) groups is 1. The van der Waals surface area contributed by atoms with E-state index in [1.807, 2.05) is 30.3 Å².